The Labute approximate surface area is 165 Å². The number of nitrogens with one attached hydrogen (secondary N) is 3. The van der Waals surface area contributed by atoms with Crippen LogP contribution in [0.25, 0.3) is 0 Å². The van der Waals surface area contributed by atoms with Gasteiger partial charge in [-0.3, -0.25) is 4.99 Å². The number of hydrogen-bond acceptors (Lipinski definition) is 4. The Morgan fingerprint density at radius 3 is 2.63 bits per heavy atom. The van der Waals surface area contributed by atoms with Gasteiger partial charge in [0.15, 0.2) is 0 Å². The summed E-state index contributed by atoms with van der Waals surface area (Å²) in [5.41, 5.74) is 4.36. The van der Waals surface area contributed by atoms with E-state index in [1.165, 1.54) is 5.69 Å². The largest absolute Gasteiger partial charge is 0.378 e. The van der Waals surface area contributed by atoms with Gasteiger partial charge in [-0.15, -0.1) is 0 Å². The van der Waals surface area contributed by atoms with E-state index in [0.717, 1.165) is 53.7 Å². The predicted molar refractivity (Wildman–Crippen MR) is 115 cm³/mol. The van der Waals surface area contributed by atoms with Crippen LogP contribution in [0.1, 0.15) is 18.4 Å². The molecule has 0 aliphatic carbocycles. The lowest BCUT2D eigenvalue weighted by Gasteiger charge is -2.44. The zero-order valence-electron chi connectivity index (χ0n) is 15.8. The fourth-order valence-corrected chi connectivity index (χ4v) is 4.01. The van der Waals surface area contributed by atoms with Gasteiger partial charge in [0, 0.05) is 24.8 Å². The van der Waals surface area contributed by atoms with Crippen LogP contribution in [0.15, 0.2) is 47.5 Å². The molecule has 2 aromatic carbocycles. The highest BCUT2D eigenvalue weighted by Crippen LogP contribution is 2.38. The van der Waals surface area contributed by atoms with Crippen molar-refractivity contribution in [2.75, 3.05) is 42.7 Å². The van der Waals surface area contributed by atoms with Gasteiger partial charge in [0.2, 0.25) is 0 Å². The number of anilines is 3. The van der Waals surface area contributed by atoms with Crippen LogP contribution in [0, 0.1) is 0 Å². The molecule has 0 atom stereocenters. The Balaban J connectivity index is 1.68. The number of amidine groups is 1. The highest BCUT2D eigenvalue weighted by atomic mass is 35.5. The van der Waals surface area contributed by atoms with Crippen molar-refractivity contribution in [3.05, 3.63) is 53.1 Å². The highest BCUT2D eigenvalue weighted by molar-refractivity contribution is 6.30. The van der Waals surface area contributed by atoms with Crippen molar-refractivity contribution in [3.63, 3.8) is 0 Å². The van der Waals surface area contributed by atoms with Crippen molar-refractivity contribution >= 4 is 34.5 Å². The predicted octanol–water partition coefficient (Wildman–Crippen LogP) is 3.96. The summed E-state index contributed by atoms with van der Waals surface area (Å²) in [6.07, 6.45) is 2.01. The minimum atomic E-state index is -0.142. The van der Waals surface area contributed by atoms with Gasteiger partial charge >= 0.3 is 0 Å². The van der Waals surface area contributed by atoms with Gasteiger partial charge in [0.25, 0.3) is 0 Å². The van der Waals surface area contributed by atoms with Crippen molar-refractivity contribution in [2.24, 2.45) is 4.99 Å². The molecule has 0 saturated carbocycles. The second kappa shape index (κ2) is 7.41. The maximum absolute atomic E-state index is 6.13. The number of fused-ring (bicyclic) bond motifs is 1. The van der Waals surface area contributed by atoms with Crippen LogP contribution >= 0.6 is 11.6 Å². The minimum Gasteiger partial charge on any atom is -0.378 e. The quantitative estimate of drug-likeness (QED) is 0.750. The highest BCUT2D eigenvalue weighted by Gasteiger charge is 2.40. The Hall–Kier alpha value is -2.24. The zero-order valence-corrected chi connectivity index (χ0v) is 16.6. The zero-order chi connectivity index (χ0) is 18.9. The molecule has 5 nitrogen and oxygen atoms in total. The minimum absolute atomic E-state index is 0.142. The average Bonchev–Trinajstić information content (AvgIpc) is 2.66. The van der Waals surface area contributed by atoms with Crippen LogP contribution in [0.5, 0.6) is 0 Å². The molecule has 1 fully saturated rings. The lowest BCUT2D eigenvalue weighted by Crippen LogP contribution is -2.57. The fourth-order valence-electron chi connectivity index (χ4n) is 3.80. The van der Waals surface area contributed by atoms with E-state index in [1.807, 2.05) is 18.2 Å². The Morgan fingerprint density at radius 1 is 1.07 bits per heavy atom. The molecule has 3 N–H and O–H groups in total. The van der Waals surface area contributed by atoms with E-state index < -0.39 is 0 Å². The molecule has 1 saturated heterocycles. The van der Waals surface area contributed by atoms with Crippen LogP contribution in [0.2, 0.25) is 5.02 Å². The Bertz CT molecular complexity index is 855. The molecule has 0 radical (unpaired) electrons. The van der Waals surface area contributed by atoms with Crippen molar-refractivity contribution in [1.82, 2.24) is 5.32 Å². The van der Waals surface area contributed by atoms with Gasteiger partial charge < -0.3 is 20.9 Å². The third-order valence-corrected chi connectivity index (χ3v) is 5.60. The number of benzene rings is 2. The molecular formula is C21H26ClN5. The molecule has 0 unspecified atom stereocenters. The van der Waals surface area contributed by atoms with E-state index >= 15 is 0 Å². The second-order valence-electron chi connectivity index (χ2n) is 7.50. The molecule has 4 rings (SSSR count). The molecule has 142 valence electrons. The number of halogens is 1. The smallest absolute Gasteiger partial charge is 0.127 e. The topological polar surface area (TPSA) is 51.7 Å². The standard InChI is InChI=1S/C21H26ClN5/c1-27(2)17-6-7-18-19(13-17)25-20(21(26-18)8-10-23-11-9-21)24-14-15-4-3-5-16(22)12-15/h3-7,12-13,23,26H,8-11,14H2,1-2H3,(H,24,25). The third kappa shape index (κ3) is 3.75. The summed E-state index contributed by atoms with van der Waals surface area (Å²) in [7, 11) is 4.11. The molecule has 2 aliphatic heterocycles. The van der Waals surface area contributed by atoms with Crippen LogP contribution in [-0.4, -0.2) is 38.6 Å². The van der Waals surface area contributed by atoms with Gasteiger partial charge in [0.05, 0.1) is 23.5 Å². The maximum atomic E-state index is 6.13. The number of piperidine rings is 1. The van der Waals surface area contributed by atoms with E-state index in [9.17, 15) is 0 Å². The molecule has 2 aliphatic rings. The second-order valence-corrected chi connectivity index (χ2v) is 7.94. The monoisotopic (exact) mass is 383 g/mol. The summed E-state index contributed by atoms with van der Waals surface area (Å²) in [4.78, 5) is 7.10. The molecule has 0 aromatic heterocycles. The van der Waals surface area contributed by atoms with Crippen LogP contribution < -0.4 is 20.9 Å². The van der Waals surface area contributed by atoms with Crippen LogP contribution in [0.3, 0.4) is 0 Å². The molecule has 0 amide bonds. The van der Waals surface area contributed by atoms with E-state index in [2.05, 4.69) is 59.2 Å². The first-order valence-corrected chi connectivity index (χ1v) is 9.80. The normalized spacial score (nSPS) is 19.3. The number of hydrogen-bond donors (Lipinski definition) is 3. The molecular weight excluding hydrogens is 358 g/mol. The first-order valence-electron chi connectivity index (χ1n) is 9.42. The van der Waals surface area contributed by atoms with Crippen molar-refractivity contribution in [1.29, 1.82) is 0 Å². The first-order chi connectivity index (χ1) is 13.1. The van der Waals surface area contributed by atoms with Gasteiger partial charge in [-0.1, -0.05) is 23.7 Å². The van der Waals surface area contributed by atoms with Crippen molar-refractivity contribution < 1.29 is 0 Å². The van der Waals surface area contributed by atoms with Crippen LogP contribution in [-0.2, 0) is 6.54 Å². The number of rotatable bonds is 3. The van der Waals surface area contributed by atoms with Crippen LogP contribution in [0.4, 0.5) is 17.1 Å². The van der Waals surface area contributed by atoms with Gasteiger partial charge in [0.1, 0.15) is 5.84 Å². The van der Waals surface area contributed by atoms with Gasteiger partial charge in [-0.2, -0.15) is 0 Å². The molecule has 1 spiro atoms. The van der Waals surface area contributed by atoms with Crippen molar-refractivity contribution in [3.8, 4) is 0 Å². The lowest BCUT2D eigenvalue weighted by molar-refractivity contribution is 0.419. The van der Waals surface area contributed by atoms with Gasteiger partial charge in [-0.25, -0.2) is 0 Å². The van der Waals surface area contributed by atoms with Crippen molar-refractivity contribution in [2.45, 2.75) is 24.9 Å². The number of aliphatic imine (C=N–C) groups is 1. The Kier molecular flexibility index (Phi) is 4.98. The summed E-state index contributed by atoms with van der Waals surface area (Å²) < 4.78 is 0. The number of nitrogens with zero attached hydrogens (tertiary/aromatic N) is 2. The molecule has 2 heterocycles. The molecule has 6 heteroatoms. The van der Waals surface area contributed by atoms with E-state index in [-0.39, 0.29) is 5.54 Å². The summed E-state index contributed by atoms with van der Waals surface area (Å²) in [5.74, 6) is 1.02. The SMILES string of the molecule is CN(C)c1ccc2c(c1)NC(=NCc1cccc(Cl)c1)C1(CCNCC1)N2. The molecule has 2 aromatic rings. The lowest BCUT2D eigenvalue weighted by atomic mass is 9.84. The third-order valence-electron chi connectivity index (χ3n) is 5.37. The van der Waals surface area contributed by atoms with E-state index in [0.29, 0.717) is 6.54 Å². The summed E-state index contributed by atoms with van der Waals surface area (Å²) in [5, 5.41) is 11.6. The summed E-state index contributed by atoms with van der Waals surface area (Å²) in [6.45, 7) is 2.58. The molecule has 27 heavy (non-hydrogen) atoms. The average molecular weight is 384 g/mol. The summed E-state index contributed by atoms with van der Waals surface area (Å²) >= 11 is 6.13. The summed E-state index contributed by atoms with van der Waals surface area (Å²) in [6, 6.07) is 14.4. The molecule has 0 bridgehead atoms. The maximum Gasteiger partial charge on any atom is 0.127 e. The van der Waals surface area contributed by atoms with Gasteiger partial charge in [-0.05, 0) is 61.8 Å². The Morgan fingerprint density at radius 2 is 1.89 bits per heavy atom. The van der Waals surface area contributed by atoms with E-state index in [4.69, 9.17) is 16.6 Å². The first kappa shape index (κ1) is 18.1. The fraction of sp³-hybridized carbons (Fsp3) is 0.381. The van der Waals surface area contributed by atoms with E-state index in [1.54, 1.807) is 0 Å².